The summed E-state index contributed by atoms with van der Waals surface area (Å²) in [6.45, 7) is 3.91. The Morgan fingerprint density at radius 2 is 1.70 bits per heavy atom. The van der Waals surface area contributed by atoms with E-state index in [1.807, 2.05) is 0 Å². The molecular formula is C20H20FNO5. The number of Topliss-reactive ketones (excluding diaryl/α,β-unsaturated/α-hetero) is 1. The van der Waals surface area contributed by atoms with Crippen LogP contribution in [0, 0.1) is 12.7 Å². The second-order valence-electron chi connectivity index (χ2n) is 6.45. The number of hydrogen-bond donors (Lipinski definition) is 1. The number of nitrogens with one attached hydrogen (secondary N) is 1. The van der Waals surface area contributed by atoms with Crippen molar-refractivity contribution in [1.29, 1.82) is 0 Å². The van der Waals surface area contributed by atoms with E-state index in [0.717, 1.165) is 0 Å². The van der Waals surface area contributed by atoms with Gasteiger partial charge in [-0.05, 0) is 56.7 Å². The smallest absolute Gasteiger partial charge is 0.356 e. The van der Waals surface area contributed by atoms with Crippen LogP contribution in [0.1, 0.15) is 40.1 Å². The van der Waals surface area contributed by atoms with Crippen molar-refractivity contribution in [3.8, 4) is 0 Å². The summed E-state index contributed by atoms with van der Waals surface area (Å²) < 4.78 is 18.3. The molecule has 0 fully saturated rings. The summed E-state index contributed by atoms with van der Waals surface area (Å²) in [5, 5.41) is 0. The minimum Gasteiger partial charge on any atom is -0.456 e. The van der Waals surface area contributed by atoms with E-state index in [1.165, 1.54) is 39.0 Å². The molecule has 0 atom stereocenters. The standard InChI is InChI=1S/C20H20FNO5/c1-13-11-15(9-10-16(13)21)17(23)12-26-19(25)20(2,3)22-27-18(24)14-7-5-4-6-8-14/h4-11,22H,12H2,1-3H3. The number of hydrogen-bond acceptors (Lipinski definition) is 6. The minimum atomic E-state index is -1.37. The highest BCUT2D eigenvalue weighted by Gasteiger charge is 2.32. The van der Waals surface area contributed by atoms with Crippen LogP contribution < -0.4 is 5.48 Å². The number of aryl methyl sites for hydroxylation is 1. The number of hydroxylamine groups is 1. The second kappa shape index (κ2) is 8.55. The molecule has 0 spiro atoms. The van der Waals surface area contributed by atoms with E-state index in [-0.39, 0.29) is 5.56 Å². The number of carbonyl (C=O) groups is 3. The van der Waals surface area contributed by atoms with E-state index in [2.05, 4.69) is 5.48 Å². The fourth-order valence-electron chi connectivity index (χ4n) is 2.06. The van der Waals surface area contributed by atoms with Crippen molar-refractivity contribution in [2.75, 3.05) is 6.61 Å². The monoisotopic (exact) mass is 373 g/mol. The van der Waals surface area contributed by atoms with Gasteiger partial charge in [-0.1, -0.05) is 18.2 Å². The van der Waals surface area contributed by atoms with Gasteiger partial charge in [-0.15, -0.1) is 5.48 Å². The Morgan fingerprint density at radius 1 is 1.04 bits per heavy atom. The highest BCUT2D eigenvalue weighted by Crippen LogP contribution is 2.12. The fourth-order valence-corrected chi connectivity index (χ4v) is 2.06. The topological polar surface area (TPSA) is 81.7 Å². The molecule has 27 heavy (non-hydrogen) atoms. The SMILES string of the molecule is Cc1cc(C(=O)COC(=O)C(C)(C)NOC(=O)c2ccccc2)ccc1F. The highest BCUT2D eigenvalue weighted by molar-refractivity contribution is 5.98. The van der Waals surface area contributed by atoms with Crippen LogP contribution in [0.4, 0.5) is 4.39 Å². The first-order valence-electron chi connectivity index (χ1n) is 8.20. The van der Waals surface area contributed by atoms with Gasteiger partial charge in [0.1, 0.15) is 11.4 Å². The lowest BCUT2D eigenvalue weighted by Crippen LogP contribution is -2.49. The van der Waals surface area contributed by atoms with Gasteiger partial charge in [0.25, 0.3) is 0 Å². The molecule has 2 aromatic carbocycles. The molecule has 0 bridgehead atoms. The van der Waals surface area contributed by atoms with Gasteiger partial charge in [0.2, 0.25) is 0 Å². The van der Waals surface area contributed by atoms with Crippen molar-refractivity contribution in [3.63, 3.8) is 0 Å². The van der Waals surface area contributed by atoms with Crippen molar-refractivity contribution in [3.05, 3.63) is 71.0 Å². The lowest BCUT2D eigenvalue weighted by molar-refractivity contribution is -0.153. The summed E-state index contributed by atoms with van der Waals surface area (Å²) in [6.07, 6.45) is 0. The Balaban J connectivity index is 1.88. The van der Waals surface area contributed by atoms with E-state index < -0.39 is 35.7 Å². The average Bonchev–Trinajstić information content (AvgIpc) is 2.66. The second-order valence-corrected chi connectivity index (χ2v) is 6.45. The molecule has 0 aliphatic carbocycles. The molecule has 0 aliphatic heterocycles. The molecule has 6 nitrogen and oxygen atoms in total. The predicted molar refractivity (Wildman–Crippen MR) is 95.5 cm³/mol. The maximum absolute atomic E-state index is 13.3. The van der Waals surface area contributed by atoms with Crippen LogP contribution in [-0.2, 0) is 14.4 Å². The molecule has 2 aromatic rings. The Labute approximate surface area is 156 Å². The van der Waals surface area contributed by atoms with E-state index in [1.54, 1.807) is 30.3 Å². The van der Waals surface area contributed by atoms with Crippen LogP contribution in [0.5, 0.6) is 0 Å². The number of ketones is 1. The van der Waals surface area contributed by atoms with Crippen LogP contribution in [0.25, 0.3) is 0 Å². The van der Waals surface area contributed by atoms with Gasteiger partial charge in [-0.3, -0.25) is 4.79 Å². The van der Waals surface area contributed by atoms with Crippen molar-refractivity contribution < 1.29 is 28.3 Å². The molecule has 0 heterocycles. The fraction of sp³-hybridized carbons (Fsp3) is 0.250. The zero-order valence-corrected chi connectivity index (χ0v) is 15.2. The molecule has 0 aromatic heterocycles. The number of halogens is 1. The molecule has 142 valence electrons. The molecule has 7 heteroatoms. The average molecular weight is 373 g/mol. The molecule has 0 saturated heterocycles. The number of esters is 1. The van der Waals surface area contributed by atoms with Crippen LogP contribution in [0.3, 0.4) is 0 Å². The first-order valence-corrected chi connectivity index (χ1v) is 8.20. The zero-order chi connectivity index (χ0) is 20.0. The van der Waals surface area contributed by atoms with Gasteiger partial charge >= 0.3 is 11.9 Å². The largest absolute Gasteiger partial charge is 0.456 e. The number of rotatable bonds is 7. The van der Waals surface area contributed by atoms with Crippen molar-refractivity contribution in [2.24, 2.45) is 0 Å². The summed E-state index contributed by atoms with van der Waals surface area (Å²) in [6, 6.07) is 12.1. The zero-order valence-electron chi connectivity index (χ0n) is 15.2. The van der Waals surface area contributed by atoms with Crippen LogP contribution in [-0.4, -0.2) is 29.9 Å². The van der Waals surface area contributed by atoms with Crippen LogP contribution in [0.15, 0.2) is 48.5 Å². The van der Waals surface area contributed by atoms with E-state index in [4.69, 9.17) is 9.57 Å². The van der Waals surface area contributed by atoms with E-state index >= 15 is 0 Å². The minimum absolute atomic E-state index is 0.239. The van der Waals surface area contributed by atoms with E-state index in [9.17, 15) is 18.8 Å². The summed E-state index contributed by atoms with van der Waals surface area (Å²) in [7, 11) is 0. The van der Waals surface area contributed by atoms with Gasteiger partial charge < -0.3 is 9.57 Å². The third-order valence-electron chi connectivity index (χ3n) is 3.73. The molecule has 0 aliphatic rings. The lowest BCUT2D eigenvalue weighted by atomic mass is 10.1. The highest BCUT2D eigenvalue weighted by atomic mass is 19.1. The number of benzene rings is 2. The van der Waals surface area contributed by atoms with E-state index in [0.29, 0.717) is 11.1 Å². The molecule has 0 saturated carbocycles. The Morgan fingerprint density at radius 3 is 2.33 bits per heavy atom. The summed E-state index contributed by atoms with van der Waals surface area (Å²) in [4.78, 5) is 41.1. The van der Waals surface area contributed by atoms with Crippen molar-refractivity contribution >= 4 is 17.7 Å². The third kappa shape index (κ3) is 5.46. The normalized spacial score (nSPS) is 11.0. The quantitative estimate of drug-likeness (QED) is 0.456. The van der Waals surface area contributed by atoms with Gasteiger partial charge in [-0.2, -0.15) is 0 Å². The molecule has 0 amide bonds. The Hall–Kier alpha value is -3.06. The summed E-state index contributed by atoms with van der Waals surface area (Å²) in [5.41, 5.74) is 1.86. The lowest BCUT2D eigenvalue weighted by Gasteiger charge is -2.22. The molecule has 1 N–H and O–H groups in total. The number of ether oxygens (including phenoxy) is 1. The number of carbonyl (C=O) groups excluding carboxylic acids is 3. The molecule has 0 radical (unpaired) electrons. The predicted octanol–water partition coefficient (Wildman–Crippen LogP) is 3.00. The Bertz CT molecular complexity index is 849. The maximum atomic E-state index is 13.3. The third-order valence-corrected chi connectivity index (χ3v) is 3.73. The summed E-state index contributed by atoms with van der Waals surface area (Å²) >= 11 is 0. The van der Waals surface area contributed by atoms with Gasteiger partial charge in [0.05, 0.1) is 5.56 Å². The van der Waals surface area contributed by atoms with Gasteiger partial charge in [0, 0.05) is 5.56 Å². The maximum Gasteiger partial charge on any atom is 0.356 e. The molecule has 2 rings (SSSR count). The van der Waals surface area contributed by atoms with Crippen molar-refractivity contribution in [1.82, 2.24) is 5.48 Å². The molecular weight excluding hydrogens is 353 g/mol. The Kier molecular flexibility index (Phi) is 6.41. The van der Waals surface area contributed by atoms with Crippen LogP contribution in [0.2, 0.25) is 0 Å². The first kappa shape index (κ1) is 20.3. The first-order chi connectivity index (χ1) is 12.7. The summed E-state index contributed by atoms with van der Waals surface area (Å²) in [5.74, 6) is -2.33. The van der Waals surface area contributed by atoms with Gasteiger partial charge in [0.15, 0.2) is 12.4 Å². The van der Waals surface area contributed by atoms with Crippen molar-refractivity contribution in [2.45, 2.75) is 26.3 Å². The molecule has 0 unspecified atom stereocenters. The van der Waals surface area contributed by atoms with Crippen LogP contribution >= 0.6 is 0 Å². The van der Waals surface area contributed by atoms with Gasteiger partial charge in [-0.25, -0.2) is 14.0 Å².